The van der Waals surface area contributed by atoms with Crippen LogP contribution in [0.3, 0.4) is 0 Å². The molecule has 0 atom stereocenters. The summed E-state index contributed by atoms with van der Waals surface area (Å²) in [7, 11) is 0. The van der Waals surface area contributed by atoms with Gasteiger partial charge in [0.25, 0.3) is 5.56 Å². The van der Waals surface area contributed by atoms with Crippen LogP contribution in [0.25, 0.3) is 6.08 Å². The minimum absolute atomic E-state index is 0.00206. The van der Waals surface area contributed by atoms with Gasteiger partial charge < -0.3 is 4.90 Å². The lowest BCUT2D eigenvalue weighted by Crippen LogP contribution is -2.42. The number of thiazole rings is 1. The molecular formula is C20H18ClN3OS. The molecule has 1 aliphatic rings. The first-order valence-corrected chi connectivity index (χ1v) is 9.54. The van der Waals surface area contributed by atoms with E-state index in [1.807, 2.05) is 30.3 Å². The van der Waals surface area contributed by atoms with E-state index in [0.717, 1.165) is 16.1 Å². The predicted molar refractivity (Wildman–Crippen MR) is 108 cm³/mol. The zero-order valence-corrected chi connectivity index (χ0v) is 16.1. The first-order chi connectivity index (χ1) is 12.5. The molecule has 0 saturated heterocycles. The van der Waals surface area contributed by atoms with Crippen LogP contribution in [0.4, 0.5) is 5.69 Å². The van der Waals surface area contributed by atoms with E-state index >= 15 is 0 Å². The first-order valence-electron chi connectivity index (χ1n) is 8.34. The van der Waals surface area contributed by atoms with Crippen molar-refractivity contribution in [2.45, 2.75) is 20.5 Å². The van der Waals surface area contributed by atoms with Gasteiger partial charge in [0.15, 0.2) is 4.80 Å². The number of hydrogen-bond donors (Lipinski definition) is 0. The summed E-state index contributed by atoms with van der Waals surface area (Å²) >= 11 is 7.36. The molecular weight excluding hydrogens is 366 g/mol. The smallest absolute Gasteiger partial charge is 0.271 e. The maximum atomic E-state index is 12.8. The molecule has 6 heteroatoms. The van der Waals surface area contributed by atoms with Gasteiger partial charge in [-0.3, -0.25) is 9.36 Å². The van der Waals surface area contributed by atoms with Gasteiger partial charge in [-0.15, -0.1) is 0 Å². The minimum Gasteiger partial charge on any atom is -0.334 e. The monoisotopic (exact) mass is 383 g/mol. The van der Waals surface area contributed by atoms with E-state index in [2.05, 4.69) is 41.9 Å². The summed E-state index contributed by atoms with van der Waals surface area (Å²) in [5.74, 6) is 0. The highest BCUT2D eigenvalue weighted by Crippen LogP contribution is 2.19. The standard InChI is InChI=1S/C20H18ClN3OS/c1-13-7-14(2)9-17(8-13)23-11-22-20-24(12-23)19(25)18(26-20)10-15-3-5-16(21)6-4-15/h3-10H,11-12H2,1-2H3. The minimum atomic E-state index is -0.00206. The van der Waals surface area contributed by atoms with Crippen LogP contribution in [0.5, 0.6) is 0 Å². The van der Waals surface area contributed by atoms with Gasteiger partial charge in [0.1, 0.15) is 13.3 Å². The number of aryl methyl sites for hydroxylation is 2. The van der Waals surface area contributed by atoms with Crippen molar-refractivity contribution in [1.29, 1.82) is 0 Å². The molecule has 0 fully saturated rings. The van der Waals surface area contributed by atoms with Gasteiger partial charge in [-0.2, -0.15) is 0 Å². The van der Waals surface area contributed by atoms with Gasteiger partial charge in [-0.1, -0.05) is 41.1 Å². The molecule has 1 aliphatic heterocycles. The van der Waals surface area contributed by atoms with Gasteiger partial charge >= 0.3 is 0 Å². The number of fused-ring (bicyclic) bond motifs is 1. The Kier molecular flexibility index (Phi) is 4.42. The summed E-state index contributed by atoms with van der Waals surface area (Å²) in [4.78, 5) is 20.3. The third-order valence-corrected chi connectivity index (χ3v) is 5.61. The van der Waals surface area contributed by atoms with Crippen LogP contribution < -0.4 is 19.8 Å². The van der Waals surface area contributed by atoms with Crippen molar-refractivity contribution in [3.05, 3.63) is 83.9 Å². The second-order valence-corrected chi connectivity index (χ2v) is 7.95. The quantitative estimate of drug-likeness (QED) is 0.682. The summed E-state index contributed by atoms with van der Waals surface area (Å²) < 4.78 is 2.43. The Morgan fingerprint density at radius 1 is 1.12 bits per heavy atom. The maximum Gasteiger partial charge on any atom is 0.271 e. The van der Waals surface area contributed by atoms with E-state index in [-0.39, 0.29) is 5.56 Å². The number of benzene rings is 2. The summed E-state index contributed by atoms with van der Waals surface area (Å²) in [5, 5.41) is 0.684. The van der Waals surface area contributed by atoms with Crippen molar-refractivity contribution in [1.82, 2.24) is 4.57 Å². The molecule has 4 nitrogen and oxygen atoms in total. The van der Waals surface area contributed by atoms with Crippen LogP contribution in [0.2, 0.25) is 5.02 Å². The average molecular weight is 384 g/mol. The van der Waals surface area contributed by atoms with Crippen LogP contribution in [0, 0.1) is 13.8 Å². The Morgan fingerprint density at radius 2 is 1.81 bits per heavy atom. The highest BCUT2D eigenvalue weighted by atomic mass is 35.5. The van der Waals surface area contributed by atoms with Gasteiger partial charge in [0, 0.05) is 10.7 Å². The van der Waals surface area contributed by atoms with Gasteiger partial charge in [-0.05, 0) is 60.9 Å². The number of anilines is 1. The van der Waals surface area contributed by atoms with E-state index in [1.165, 1.54) is 22.5 Å². The molecule has 0 aliphatic carbocycles. The summed E-state index contributed by atoms with van der Waals surface area (Å²) in [6, 6.07) is 13.9. The van der Waals surface area contributed by atoms with Gasteiger partial charge in [0.05, 0.1) is 4.53 Å². The summed E-state index contributed by atoms with van der Waals surface area (Å²) in [5.41, 5.74) is 4.47. The maximum absolute atomic E-state index is 12.8. The van der Waals surface area contributed by atoms with E-state index in [9.17, 15) is 4.79 Å². The summed E-state index contributed by atoms with van der Waals surface area (Å²) in [6.45, 7) is 5.24. The highest BCUT2D eigenvalue weighted by molar-refractivity contribution is 7.07. The summed E-state index contributed by atoms with van der Waals surface area (Å²) in [6.07, 6.45) is 1.89. The molecule has 0 spiro atoms. The van der Waals surface area contributed by atoms with Crippen LogP contribution in [0.15, 0.2) is 52.3 Å². The fourth-order valence-corrected chi connectivity index (χ4v) is 4.21. The van der Waals surface area contributed by atoms with E-state index in [1.54, 1.807) is 4.57 Å². The molecule has 0 N–H and O–H groups in total. The molecule has 2 heterocycles. The second-order valence-electron chi connectivity index (χ2n) is 6.50. The predicted octanol–water partition coefficient (Wildman–Crippen LogP) is 3.06. The molecule has 0 bridgehead atoms. The zero-order chi connectivity index (χ0) is 18.3. The third kappa shape index (κ3) is 3.32. The first kappa shape index (κ1) is 17.1. The molecule has 1 aromatic heterocycles. The molecule has 0 amide bonds. The van der Waals surface area contributed by atoms with Crippen molar-refractivity contribution in [2.24, 2.45) is 4.99 Å². The third-order valence-electron chi connectivity index (χ3n) is 4.32. The van der Waals surface area contributed by atoms with Crippen molar-refractivity contribution < 1.29 is 0 Å². The number of rotatable bonds is 2. The number of aromatic nitrogens is 1. The van der Waals surface area contributed by atoms with Gasteiger partial charge in [0.2, 0.25) is 0 Å². The molecule has 132 valence electrons. The lowest BCUT2D eigenvalue weighted by molar-refractivity contribution is 0.569. The van der Waals surface area contributed by atoms with Crippen LogP contribution in [-0.2, 0) is 6.67 Å². The fourth-order valence-electron chi connectivity index (χ4n) is 3.12. The molecule has 4 rings (SSSR count). The number of nitrogens with zero attached hydrogens (tertiary/aromatic N) is 3. The Hall–Kier alpha value is -2.37. The Morgan fingerprint density at radius 3 is 2.50 bits per heavy atom. The normalized spacial score (nSPS) is 14.3. The average Bonchev–Trinajstić information content (AvgIpc) is 2.91. The van der Waals surface area contributed by atoms with Crippen molar-refractivity contribution in [3.63, 3.8) is 0 Å². The Labute approximate surface area is 160 Å². The van der Waals surface area contributed by atoms with Crippen molar-refractivity contribution >= 4 is 34.7 Å². The van der Waals surface area contributed by atoms with Crippen molar-refractivity contribution in [3.8, 4) is 0 Å². The lowest BCUT2D eigenvalue weighted by atomic mass is 10.1. The van der Waals surface area contributed by atoms with Crippen molar-refractivity contribution in [2.75, 3.05) is 11.6 Å². The second kappa shape index (κ2) is 6.74. The Balaban J connectivity index is 1.71. The van der Waals surface area contributed by atoms with Crippen LogP contribution in [-0.4, -0.2) is 11.2 Å². The number of hydrogen-bond acceptors (Lipinski definition) is 4. The van der Waals surface area contributed by atoms with Gasteiger partial charge in [-0.25, -0.2) is 4.99 Å². The molecule has 0 unspecified atom stereocenters. The molecule has 26 heavy (non-hydrogen) atoms. The van der Waals surface area contributed by atoms with Crippen LogP contribution >= 0.6 is 22.9 Å². The largest absolute Gasteiger partial charge is 0.334 e. The fraction of sp³-hybridized carbons (Fsp3) is 0.200. The SMILES string of the molecule is Cc1cc(C)cc(N2CN=c3sc(=Cc4ccc(Cl)cc4)c(=O)n3C2)c1. The number of halogens is 1. The topological polar surface area (TPSA) is 37.6 Å². The van der Waals surface area contributed by atoms with E-state index in [4.69, 9.17) is 11.6 Å². The van der Waals surface area contributed by atoms with E-state index < -0.39 is 0 Å². The zero-order valence-electron chi connectivity index (χ0n) is 14.6. The molecule has 0 radical (unpaired) electrons. The Bertz CT molecular complexity index is 1130. The van der Waals surface area contributed by atoms with E-state index in [0.29, 0.717) is 22.9 Å². The van der Waals surface area contributed by atoms with Crippen LogP contribution in [0.1, 0.15) is 16.7 Å². The molecule has 0 saturated carbocycles. The highest BCUT2D eigenvalue weighted by Gasteiger charge is 2.16. The molecule has 2 aromatic carbocycles. The lowest BCUT2D eigenvalue weighted by Gasteiger charge is -2.26. The molecule has 3 aromatic rings.